The molecule has 0 aromatic heterocycles. The molecule has 1 amide bonds. The van der Waals surface area contributed by atoms with Gasteiger partial charge in [-0.1, -0.05) is 74.3 Å². The number of halogens is 2. The maximum Gasteiger partial charge on any atom is 0.253 e. The van der Waals surface area contributed by atoms with Gasteiger partial charge in [0.15, 0.2) is 8.32 Å². The third-order valence-corrected chi connectivity index (χ3v) is 13.1. The Kier molecular flexibility index (Phi) is 8.61. The van der Waals surface area contributed by atoms with Gasteiger partial charge >= 0.3 is 0 Å². The molecule has 0 spiro atoms. The summed E-state index contributed by atoms with van der Waals surface area (Å²) in [5.41, 5.74) is 1.93. The average molecular weight is 561 g/mol. The zero-order chi connectivity index (χ0) is 27.0. The minimum atomic E-state index is -2.02. The first kappa shape index (κ1) is 28.4. The molecule has 4 nitrogen and oxygen atoms in total. The van der Waals surface area contributed by atoms with Gasteiger partial charge in [-0.15, -0.1) is 6.58 Å². The molecule has 2 aromatic carbocycles. The van der Waals surface area contributed by atoms with Crippen LogP contribution in [0.4, 0.5) is 0 Å². The van der Waals surface area contributed by atoms with E-state index in [1.165, 1.54) is 0 Å². The van der Waals surface area contributed by atoms with Crippen molar-refractivity contribution in [3.8, 4) is 0 Å². The van der Waals surface area contributed by atoms with Crippen molar-refractivity contribution in [3.05, 3.63) is 82.4 Å². The molecule has 2 fully saturated rings. The Morgan fingerprint density at radius 1 is 1.11 bits per heavy atom. The number of ether oxygens (including phenoxy) is 1. The molecule has 4 atom stereocenters. The molecule has 0 radical (unpaired) electrons. The molecule has 1 saturated carbocycles. The van der Waals surface area contributed by atoms with Crippen LogP contribution in [-0.2, 0) is 14.0 Å². The Bertz CT molecular complexity index is 1110. The summed E-state index contributed by atoms with van der Waals surface area (Å²) in [5, 5.41) is 1.38. The number of hydrogen-bond donors (Lipinski definition) is 0. The van der Waals surface area contributed by atoms with Crippen LogP contribution in [0.2, 0.25) is 28.2 Å². The van der Waals surface area contributed by atoms with Crippen molar-refractivity contribution in [1.29, 1.82) is 0 Å². The topological polar surface area (TPSA) is 38.8 Å². The van der Waals surface area contributed by atoms with Crippen LogP contribution < -0.4 is 0 Å². The molecular weight excluding hydrogens is 521 g/mol. The van der Waals surface area contributed by atoms with E-state index in [9.17, 15) is 4.79 Å². The molecule has 37 heavy (non-hydrogen) atoms. The first-order valence-electron chi connectivity index (χ1n) is 13.2. The van der Waals surface area contributed by atoms with Crippen LogP contribution in [-0.4, -0.2) is 37.9 Å². The first-order chi connectivity index (χ1) is 17.4. The number of amides is 1. The van der Waals surface area contributed by atoms with Crippen molar-refractivity contribution in [2.75, 3.05) is 6.61 Å². The van der Waals surface area contributed by atoms with E-state index in [2.05, 4.69) is 45.3 Å². The van der Waals surface area contributed by atoms with Gasteiger partial charge in [-0.3, -0.25) is 4.79 Å². The molecule has 1 heterocycles. The maximum atomic E-state index is 14.2. The SMILES string of the molecule is C=CC[C@@H]1O[C@H](c2cccc(Cl)c2)[C@@H](c2ccc(Cl)cc2)N([C@H](CO[Si](C)(C)C(C)(C)C)C2CC2)C1=O. The summed E-state index contributed by atoms with van der Waals surface area (Å²) in [7, 11) is -2.02. The monoisotopic (exact) mass is 559 g/mol. The van der Waals surface area contributed by atoms with E-state index < -0.39 is 20.5 Å². The highest BCUT2D eigenvalue weighted by Gasteiger charge is 2.50. The maximum absolute atomic E-state index is 14.2. The van der Waals surface area contributed by atoms with E-state index >= 15 is 0 Å². The van der Waals surface area contributed by atoms with E-state index in [1.807, 2.05) is 48.5 Å². The number of rotatable bonds is 9. The molecule has 0 N–H and O–H groups in total. The number of carbonyl (C=O) groups is 1. The lowest BCUT2D eigenvalue weighted by atomic mass is 9.89. The number of benzene rings is 2. The molecular formula is C30H39Cl2NO3Si. The zero-order valence-corrected chi connectivity index (χ0v) is 25.1. The van der Waals surface area contributed by atoms with E-state index in [1.54, 1.807) is 6.08 Å². The molecule has 0 bridgehead atoms. The highest BCUT2D eigenvalue weighted by molar-refractivity contribution is 6.74. The highest BCUT2D eigenvalue weighted by Crippen LogP contribution is 2.48. The summed E-state index contributed by atoms with van der Waals surface area (Å²) in [4.78, 5) is 16.2. The van der Waals surface area contributed by atoms with Crippen molar-refractivity contribution >= 4 is 37.4 Å². The fourth-order valence-electron chi connectivity index (χ4n) is 4.81. The minimum Gasteiger partial charge on any atom is -0.415 e. The summed E-state index contributed by atoms with van der Waals surface area (Å²) in [6, 6.07) is 15.1. The Labute approximate surface area is 233 Å². The Balaban J connectivity index is 1.81. The van der Waals surface area contributed by atoms with Gasteiger partial charge in [0.1, 0.15) is 12.2 Å². The summed E-state index contributed by atoms with van der Waals surface area (Å²) in [6.45, 7) is 15.7. The third-order valence-electron chi connectivity index (χ3n) is 8.14. The summed E-state index contributed by atoms with van der Waals surface area (Å²) in [5.74, 6) is 0.403. The van der Waals surface area contributed by atoms with Gasteiger partial charge < -0.3 is 14.1 Å². The van der Waals surface area contributed by atoms with Gasteiger partial charge in [-0.05, 0) is 72.3 Å². The Morgan fingerprint density at radius 2 is 1.78 bits per heavy atom. The second kappa shape index (κ2) is 11.2. The van der Waals surface area contributed by atoms with Crippen molar-refractivity contribution in [1.82, 2.24) is 4.90 Å². The van der Waals surface area contributed by atoms with Crippen LogP contribution in [0.5, 0.6) is 0 Å². The highest BCUT2D eigenvalue weighted by atomic mass is 35.5. The van der Waals surface area contributed by atoms with E-state index in [0.717, 1.165) is 24.0 Å². The lowest BCUT2D eigenvalue weighted by molar-refractivity contribution is -0.181. The smallest absolute Gasteiger partial charge is 0.253 e. The standard InChI is InChI=1S/C30H39Cl2NO3Si/c1-7-9-26-29(34)33(25(20-12-13-20)19-35-37(5,6)30(2,3)4)27(21-14-16-23(31)17-15-21)28(36-26)22-10-8-11-24(32)18-22/h7-8,10-11,14-18,20,25-28H,1,9,12-13,19H2,2-6H3/t25-,26+,27-,28-/m1/s1. The quantitative estimate of drug-likeness (QED) is 0.228. The van der Waals surface area contributed by atoms with Crippen molar-refractivity contribution in [2.45, 2.75) is 82.5 Å². The van der Waals surface area contributed by atoms with Gasteiger partial charge in [0, 0.05) is 16.5 Å². The average Bonchev–Trinajstić information content (AvgIpc) is 3.66. The molecule has 200 valence electrons. The van der Waals surface area contributed by atoms with Crippen LogP contribution in [0, 0.1) is 5.92 Å². The van der Waals surface area contributed by atoms with Crippen LogP contribution in [0.3, 0.4) is 0 Å². The Morgan fingerprint density at radius 3 is 2.35 bits per heavy atom. The molecule has 4 rings (SSSR count). The first-order valence-corrected chi connectivity index (χ1v) is 16.8. The third kappa shape index (κ3) is 6.34. The van der Waals surface area contributed by atoms with E-state index in [0.29, 0.717) is 29.0 Å². The normalized spacial score (nSPS) is 23.7. The number of morpholine rings is 1. The molecule has 2 aliphatic rings. The number of hydrogen-bond acceptors (Lipinski definition) is 3. The molecule has 1 aliphatic carbocycles. The predicted molar refractivity (Wildman–Crippen MR) is 155 cm³/mol. The van der Waals surface area contributed by atoms with Gasteiger partial charge in [0.05, 0.1) is 18.7 Å². The molecule has 1 aliphatic heterocycles. The van der Waals surface area contributed by atoms with E-state index in [4.69, 9.17) is 32.4 Å². The molecule has 1 saturated heterocycles. The van der Waals surface area contributed by atoms with Gasteiger partial charge in [-0.25, -0.2) is 0 Å². The van der Waals surface area contributed by atoms with E-state index in [-0.39, 0.29) is 23.0 Å². The molecule has 0 unspecified atom stereocenters. The second-order valence-corrected chi connectivity index (χ2v) is 17.5. The molecule has 7 heteroatoms. The summed E-state index contributed by atoms with van der Waals surface area (Å²) >= 11 is 12.7. The van der Waals surface area contributed by atoms with Crippen LogP contribution in [0.1, 0.15) is 63.3 Å². The van der Waals surface area contributed by atoms with Crippen molar-refractivity contribution < 1.29 is 14.0 Å². The minimum absolute atomic E-state index is 0.00569. The lowest BCUT2D eigenvalue weighted by Gasteiger charge is -2.49. The van der Waals surface area contributed by atoms with Crippen LogP contribution in [0.15, 0.2) is 61.2 Å². The summed E-state index contributed by atoms with van der Waals surface area (Å²) in [6.07, 6.45) is 3.39. The van der Waals surface area contributed by atoms with Gasteiger partial charge in [-0.2, -0.15) is 0 Å². The van der Waals surface area contributed by atoms with Crippen LogP contribution >= 0.6 is 23.2 Å². The molecule has 2 aromatic rings. The van der Waals surface area contributed by atoms with Crippen molar-refractivity contribution in [3.63, 3.8) is 0 Å². The second-order valence-electron chi connectivity index (χ2n) is 11.8. The fourth-order valence-corrected chi connectivity index (χ4v) is 6.16. The van der Waals surface area contributed by atoms with Crippen molar-refractivity contribution in [2.24, 2.45) is 5.92 Å². The number of nitrogens with zero attached hydrogens (tertiary/aromatic N) is 1. The lowest BCUT2D eigenvalue weighted by Crippen LogP contribution is -2.57. The zero-order valence-electron chi connectivity index (χ0n) is 22.5. The summed E-state index contributed by atoms with van der Waals surface area (Å²) < 4.78 is 13.3. The predicted octanol–water partition coefficient (Wildman–Crippen LogP) is 8.38. The van der Waals surface area contributed by atoms with Gasteiger partial charge in [0.25, 0.3) is 5.91 Å². The largest absolute Gasteiger partial charge is 0.415 e. The number of carbonyl (C=O) groups excluding carboxylic acids is 1. The fraction of sp³-hybridized carbons (Fsp3) is 0.500. The van der Waals surface area contributed by atoms with Crippen LogP contribution in [0.25, 0.3) is 0 Å². The Hall–Kier alpha value is -1.63. The van der Waals surface area contributed by atoms with Gasteiger partial charge in [0.2, 0.25) is 0 Å².